The van der Waals surface area contributed by atoms with Crippen molar-refractivity contribution >= 4 is 26.8 Å². The number of anilines is 1. The highest BCUT2D eigenvalue weighted by Gasteiger charge is 2.75. The van der Waals surface area contributed by atoms with Crippen LogP contribution in [0.25, 0.3) is 11.0 Å². The van der Waals surface area contributed by atoms with Crippen LogP contribution in [0.3, 0.4) is 0 Å². The van der Waals surface area contributed by atoms with Crippen LogP contribution in [-0.4, -0.2) is 42.1 Å². The first-order valence-corrected chi connectivity index (χ1v) is 10.5. The highest BCUT2D eigenvalue weighted by molar-refractivity contribution is 7.92. The number of nitrogens with zero attached hydrogens (tertiary/aromatic N) is 3. The summed E-state index contributed by atoms with van der Waals surface area (Å²) in [5, 5.41) is 8.23. The van der Waals surface area contributed by atoms with Crippen molar-refractivity contribution in [2.75, 3.05) is 17.6 Å². The van der Waals surface area contributed by atoms with E-state index in [4.69, 9.17) is 9.26 Å². The first kappa shape index (κ1) is 19.6. The van der Waals surface area contributed by atoms with Crippen LogP contribution in [0.2, 0.25) is 0 Å². The molecular formula is C18H20F2N4O4S. The topological polar surface area (TPSA) is 99.2 Å². The number of hydrogen-bond donors (Lipinski definition) is 1. The Morgan fingerprint density at radius 1 is 1.34 bits per heavy atom. The van der Waals surface area contributed by atoms with E-state index in [2.05, 4.69) is 15.0 Å². The molecule has 2 aromatic heterocycles. The zero-order chi connectivity index (χ0) is 21.0. The number of benzene rings is 1. The van der Waals surface area contributed by atoms with E-state index >= 15 is 0 Å². The summed E-state index contributed by atoms with van der Waals surface area (Å²) in [5.41, 5.74) is -0.239. The summed E-state index contributed by atoms with van der Waals surface area (Å²) in [6.45, 7) is 3.15. The highest BCUT2D eigenvalue weighted by atomic mass is 32.2. The minimum absolute atomic E-state index is 0.0933. The third kappa shape index (κ3) is 3.33. The van der Waals surface area contributed by atoms with Crippen molar-refractivity contribution in [2.45, 2.75) is 26.3 Å². The molecule has 156 valence electrons. The van der Waals surface area contributed by atoms with Gasteiger partial charge in [0.2, 0.25) is 10.0 Å². The normalized spacial score (nSPS) is 20.0. The Balaban J connectivity index is 1.61. The number of fused-ring (bicyclic) bond motifs is 1. The van der Waals surface area contributed by atoms with E-state index in [0.29, 0.717) is 23.3 Å². The summed E-state index contributed by atoms with van der Waals surface area (Å²) in [6, 6.07) is 5.21. The molecule has 1 unspecified atom stereocenters. The molecule has 8 nitrogen and oxygen atoms in total. The molecule has 0 bridgehead atoms. The van der Waals surface area contributed by atoms with Crippen LogP contribution in [0.4, 0.5) is 14.6 Å². The summed E-state index contributed by atoms with van der Waals surface area (Å²) in [4.78, 5) is 0. The number of methoxy groups -OCH3 is 1. The maximum absolute atomic E-state index is 13.8. The van der Waals surface area contributed by atoms with E-state index < -0.39 is 33.0 Å². The molecule has 0 spiro atoms. The average molecular weight is 426 g/mol. The van der Waals surface area contributed by atoms with Crippen LogP contribution in [0, 0.1) is 11.3 Å². The molecule has 1 saturated carbocycles. The molecule has 4 rings (SSSR count). The summed E-state index contributed by atoms with van der Waals surface area (Å²) in [7, 11) is -2.64. The Bertz CT molecular complexity index is 1140. The Morgan fingerprint density at radius 2 is 2.07 bits per heavy atom. The van der Waals surface area contributed by atoms with Gasteiger partial charge in [-0.15, -0.1) is 0 Å². The Kier molecular flexibility index (Phi) is 4.34. The number of nitrogens with one attached hydrogen (secondary N) is 1. The zero-order valence-corrected chi connectivity index (χ0v) is 16.8. The lowest BCUT2D eigenvalue weighted by Crippen LogP contribution is -2.20. The second-order valence-corrected chi connectivity index (χ2v) is 9.45. The number of halogens is 2. The van der Waals surface area contributed by atoms with Crippen LogP contribution in [0.15, 0.2) is 35.1 Å². The molecule has 11 heteroatoms. The molecule has 1 aliphatic carbocycles. The Morgan fingerprint density at radius 3 is 2.66 bits per heavy atom. The van der Waals surface area contributed by atoms with Crippen LogP contribution in [0.1, 0.15) is 19.4 Å². The van der Waals surface area contributed by atoms with Gasteiger partial charge in [-0.1, -0.05) is 19.0 Å². The van der Waals surface area contributed by atoms with Crippen LogP contribution < -0.4 is 9.46 Å². The lowest BCUT2D eigenvalue weighted by molar-refractivity contribution is 0.0685. The van der Waals surface area contributed by atoms with Crippen molar-refractivity contribution in [3.8, 4) is 5.75 Å². The van der Waals surface area contributed by atoms with Crippen molar-refractivity contribution in [3.05, 3.63) is 36.2 Å². The summed E-state index contributed by atoms with van der Waals surface area (Å²) < 4.78 is 67.1. The van der Waals surface area contributed by atoms with Crippen molar-refractivity contribution in [1.29, 1.82) is 0 Å². The summed E-state index contributed by atoms with van der Waals surface area (Å²) in [5.74, 6) is -4.73. The number of rotatable bonds is 7. The average Bonchev–Trinajstić information content (AvgIpc) is 3.14. The van der Waals surface area contributed by atoms with Gasteiger partial charge in [0.15, 0.2) is 11.4 Å². The number of aromatic nitrogens is 3. The lowest BCUT2D eigenvalue weighted by atomic mass is 10.1. The lowest BCUT2D eigenvalue weighted by Gasteiger charge is -2.09. The number of hydrogen-bond acceptors (Lipinski definition) is 6. The van der Waals surface area contributed by atoms with Crippen molar-refractivity contribution in [2.24, 2.45) is 11.3 Å². The predicted molar refractivity (Wildman–Crippen MR) is 102 cm³/mol. The van der Waals surface area contributed by atoms with Crippen molar-refractivity contribution in [1.82, 2.24) is 14.9 Å². The van der Waals surface area contributed by atoms with Gasteiger partial charge < -0.3 is 9.26 Å². The number of sulfonamides is 1. The first-order chi connectivity index (χ1) is 13.5. The summed E-state index contributed by atoms with van der Waals surface area (Å²) in [6.07, 6.45) is 3.45. The molecule has 1 atom stereocenters. The minimum atomic E-state index is -4.07. The second kappa shape index (κ2) is 6.41. The standard InChI is InChI=1S/C18H20F2N4O4S/c1-17(2)14(18(17,19)20)10-29(25,26)23-16-15-12(27-3)7-11(8-13(15)28-22-16)9-24-6-4-5-21-24/h4-8,14H,9-10H2,1-3H3,(H,22,23). The SMILES string of the molecule is COc1cc(Cn2cccn2)cc2onc(NS(=O)(=O)CC3C(C)(C)C3(F)F)c12. The molecule has 1 aromatic carbocycles. The molecule has 1 N–H and O–H groups in total. The monoisotopic (exact) mass is 426 g/mol. The van der Waals surface area contributed by atoms with Gasteiger partial charge in [0, 0.05) is 23.7 Å². The largest absolute Gasteiger partial charge is 0.496 e. The Hall–Kier alpha value is -2.69. The van der Waals surface area contributed by atoms with E-state index in [9.17, 15) is 17.2 Å². The van der Waals surface area contributed by atoms with Gasteiger partial charge >= 0.3 is 0 Å². The van der Waals surface area contributed by atoms with Gasteiger partial charge in [0.05, 0.1) is 19.4 Å². The van der Waals surface area contributed by atoms with Crippen molar-refractivity contribution < 1.29 is 26.5 Å². The quantitative estimate of drug-likeness (QED) is 0.623. The molecule has 0 saturated heterocycles. The third-order valence-electron chi connectivity index (χ3n) is 5.44. The molecule has 29 heavy (non-hydrogen) atoms. The molecule has 3 aromatic rings. The second-order valence-electron chi connectivity index (χ2n) is 7.69. The van der Waals surface area contributed by atoms with Gasteiger partial charge in [0.1, 0.15) is 11.1 Å². The van der Waals surface area contributed by atoms with Crippen LogP contribution in [-0.2, 0) is 16.6 Å². The van der Waals surface area contributed by atoms with Gasteiger partial charge in [0.25, 0.3) is 5.92 Å². The van der Waals surface area contributed by atoms with Gasteiger partial charge in [-0.2, -0.15) is 5.10 Å². The van der Waals surface area contributed by atoms with Crippen molar-refractivity contribution in [3.63, 3.8) is 0 Å². The van der Waals surface area contributed by atoms with E-state index in [1.54, 1.807) is 35.3 Å². The molecular weight excluding hydrogens is 406 g/mol. The molecule has 1 fully saturated rings. The maximum atomic E-state index is 13.8. The molecule has 0 aliphatic heterocycles. The third-order valence-corrected chi connectivity index (χ3v) is 6.72. The van der Waals surface area contributed by atoms with E-state index in [1.807, 2.05) is 0 Å². The maximum Gasteiger partial charge on any atom is 0.258 e. The Labute approximate surface area is 165 Å². The van der Waals surface area contributed by atoms with Gasteiger partial charge in [-0.05, 0) is 23.8 Å². The van der Waals surface area contributed by atoms with E-state index in [0.717, 1.165) is 5.56 Å². The zero-order valence-electron chi connectivity index (χ0n) is 16.0. The molecule has 2 heterocycles. The number of ether oxygens (including phenoxy) is 1. The predicted octanol–water partition coefficient (Wildman–Crippen LogP) is 3.11. The minimum Gasteiger partial charge on any atom is -0.496 e. The summed E-state index contributed by atoms with van der Waals surface area (Å²) >= 11 is 0. The van der Waals surface area contributed by atoms with Gasteiger partial charge in [-0.25, -0.2) is 17.2 Å². The van der Waals surface area contributed by atoms with E-state index in [1.165, 1.54) is 21.0 Å². The first-order valence-electron chi connectivity index (χ1n) is 8.87. The van der Waals surface area contributed by atoms with E-state index in [-0.39, 0.29) is 5.82 Å². The van der Waals surface area contributed by atoms with Gasteiger partial charge in [-0.3, -0.25) is 9.40 Å². The smallest absolute Gasteiger partial charge is 0.258 e. The molecule has 1 aliphatic rings. The van der Waals surface area contributed by atoms with Crippen LogP contribution in [0.5, 0.6) is 5.75 Å². The number of alkyl halides is 2. The molecule has 0 radical (unpaired) electrons. The van der Waals surface area contributed by atoms with Crippen LogP contribution >= 0.6 is 0 Å². The fourth-order valence-corrected chi connectivity index (χ4v) is 5.05. The fourth-order valence-electron chi connectivity index (χ4n) is 3.47. The molecule has 0 amide bonds. The fraction of sp³-hybridized carbons (Fsp3) is 0.444. The highest BCUT2D eigenvalue weighted by Crippen LogP contribution is 2.65.